The summed E-state index contributed by atoms with van der Waals surface area (Å²) in [4.78, 5) is 1.30. The molecule has 0 radical (unpaired) electrons. The molecule has 1 atom stereocenters. The fourth-order valence-electron chi connectivity index (χ4n) is 2.59. The van der Waals surface area contributed by atoms with Crippen molar-refractivity contribution >= 4 is 22.7 Å². The minimum absolute atomic E-state index is 0. The molecule has 1 fully saturated rings. The molecule has 1 aliphatic rings. The van der Waals surface area contributed by atoms with E-state index in [9.17, 15) is 0 Å². The minimum atomic E-state index is 0. The molecule has 3 aromatic rings. The summed E-state index contributed by atoms with van der Waals surface area (Å²) in [6.07, 6.45) is 0.181. The molecule has 3 N–H and O–H groups in total. The van der Waals surface area contributed by atoms with Crippen LogP contribution in [-0.4, -0.2) is 0 Å². The number of hydrazine groups is 2. The molecule has 0 amide bonds. The molecular weight excluding hydrogens is 328 g/mol. The van der Waals surface area contributed by atoms with Crippen LogP contribution in [0.4, 0.5) is 11.4 Å². The van der Waals surface area contributed by atoms with Gasteiger partial charge in [0.15, 0.2) is 0 Å². The summed E-state index contributed by atoms with van der Waals surface area (Å²) in [5.74, 6) is 0. The van der Waals surface area contributed by atoms with E-state index in [2.05, 4.69) is 87.1 Å². The zero-order chi connectivity index (χ0) is 14.8. The topological polar surface area (TPSA) is 35.1 Å². The molecule has 4 rings (SSSR count). The highest BCUT2D eigenvalue weighted by molar-refractivity contribution is 7.10. The van der Waals surface area contributed by atoms with Crippen LogP contribution in [0.1, 0.15) is 11.0 Å². The van der Waals surface area contributed by atoms with E-state index >= 15 is 0 Å². The van der Waals surface area contributed by atoms with E-state index in [0.29, 0.717) is 0 Å². The van der Waals surface area contributed by atoms with Gasteiger partial charge in [-0.2, -0.15) is 10.5 Å². The normalized spacial score (nSPS) is 17.1. The van der Waals surface area contributed by atoms with Crippen molar-refractivity contribution in [2.24, 2.45) is 0 Å². The fourth-order valence-corrected chi connectivity index (χ4v) is 3.32. The van der Waals surface area contributed by atoms with E-state index in [4.69, 9.17) is 0 Å². The van der Waals surface area contributed by atoms with E-state index in [1.807, 2.05) is 12.1 Å². The number of halogens is 1. The second-order valence-corrected chi connectivity index (χ2v) is 6.08. The van der Waals surface area contributed by atoms with Crippen molar-refractivity contribution < 1.29 is 17.8 Å². The van der Waals surface area contributed by atoms with Gasteiger partial charge in [0.25, 0.3) is 0 Å². The van der Waals surface area contributed by atoms with Gasteiger partial charge in [-0.1, -0.05) is 42.5 Å². The number of nitrogens with one attached hydrogen (secondary N) is 1. The average molecular weight is 345 g/mol. The maximum atomic E-state index is 3.57. The lowest BCUT2D eigenvalue weighted by Crippen LogP contribution is -3.00. The minimum Gasteiger partial charge on any atom is -1.00 e. The number of para-hydroxylation sites is 2. The maximum absolute atomic E-state index is 3.57. The van der Waals surface area contributed by atoms with Crippen LogP contribution in [-0.2, 0) is 0 Å². The Kier molecular flexibility index (Phi) is 4.83. The van der Waals surface area contributed by atoms with E-state index in [1.54, 1.807) is 11.3 Å². The molecule has 0 aliphatic carbocycles. The van der Waals surface area contributed by atoms with Crippen molar-refractivity contribution in [2.75, 3.05) is 10.2 Å². The average Bonchev–Trinajstić information content (AvgIpc) is 3.26. The van der Waals surface area contributed by atoms with Gasteiger partial charge >= 0.3 is 0 Å². The summed E-state index contributed by atoms with van der Waals surface area (Å²) in [5.41, 5.74) is 8.04. The number of thiophene rings is 1. The van der Waals surface area contributed by atoms with Crippen molar-refractivity contribution in [1.29, 1.82) is 0 Å². The first-order valence-corrected chi connectivity index (χ1v) is 8.14. The highest BCUT2D eigenvalue weighted by Crippen LogP contribution is 2.24. The lowest BCUT2D eigenvalue weighted by atomic mass is 10.3. The lowest BCUT2D eigenvalue weighted by Gasteiger charge is -2.25. The van der Waals surface area contributed by atoms with Gasteiger partial charge in [0.2, 0.25) is 6.17 Å². The Balaban J connectivity index is 0.00000156. The third kappa shape index (κ3) is 3.18. The van der Waals surface area contributed by atoms with Crippen molar-refractivity contribution in [3.8, 4) is 0 Å². The van der Waals surface area contributed by atoms with Crippen molar-refractivity contribution in [3.63, 3.8) is 0 Å². The van der Waals surface area contributed by atoms with E-state index in [0.717, 1.165) is 11.4 Å². The zero-order valence-electron chi connectivity index (χ0n) is 12.3. The molecule has 2 heterocycles. The molecule has 6 heteroatoms. The predicted molar refractivity (Wildman–Crippen MR) is 90.0 cm³/mol. The Hall–Kier alpha value is -2.05. The second kappa shape index (κ2) is 7.02. The molecule has 1 aliphatic heterocycles. The number of nitrogens with two attached hydrogens (primary N) is 1. The van der Waals surface area contributed by atoms with Gasteiger partial charge < -0.3 is 12.4 Å². The van der Waals surface area contributed by atoms with Crippen LogP contribution in [0.25, 0.3) is 0 Å². The van der Waals surface area contributed by atoms with Crippen LogP contribution >= 0.6 is 11.3 Å². The van der Waals surface area contributed by atoms with E-state index in [-0.39, 0.29) is 18.6 Å². The molecule has 2 aromatic carbocycles. The fraction of sp³-hybridized carbons (Fsp3) is 0.0588. The number of quaternary nitrogens is 1. The van der Waals surface area contributed by atoms with E-state index < -0.39 is 0 Å². The number of benzene rings is 2. The Morgan fingerprint density at radius 2 is 1.48 bits per heavy atom. The first kappa shape index (κ1) is 15.8. The smallest absolute Gasteiger partial charge is 0.217 e. The molecule has 0 saturated carbocycles. The Bertz CT molecular complexity index is 673. The molecule has 4 nitrogen and oxygen atoms in total. The molecule has 1 saturated heterocycles. The van der Waals surface area contributed by atoms with Crippen molar-refractivity contribution in [1.82, 2.24) is 5.43 Å². The monoisotopic (exact) mass is 344 g/mol. The predicted octanol–water partition coefficient (Wildman–Crippen LogP) is -0.324. The third-order valence-electron chi connectivity index (χ3n) is 3.64. The van der Waals surface area contributed by atoms with Crippen LogP contribution in [0, 0.1) is 0 Å². The van der Waals surface area contributed by atoms with Gasteiger partial charge in [-0.05, 0) is 35.7 Å². The molecule has 0 bridgehead atoms. The van der Waals surface area contributed by atoms with Crippen LogP contribution < -0.4 is 33.5 Å². The van der Waals surface area contributed by atoms with Crippen LogP contribution in [0.5, 0.6) is 0 Å². The first-order chi connectivity index (χ1) is 10.9. The van der Waals surface area contributed by atoms with Crippen LogP contribution in [0.15, 0.2) is 78.2 Å². The highest BCUT2D eigenvalue weighted by atomic mass is 35.5. The standard InChI is InChI=1S/C17H16N4S.ClH/c1-3-8-14(9-4-1)20-18-17(16-12-7-13-22-16)19-21(20)15-10-5-2-6-11-15;/h1-13,17-19H;1H. The lowest BCUT2D eigenvalue weighted by molar-refractivity contribution is -0.690. The van der Waals surface area contributed by atoms with Crippen molar-refractivity contribution in [2.45, 2.75) is 6.17 Å². The van der Waals surface area contributed by atoms with Crippen LogP contribution in [0.2, 0.25) is 0 Å². The molecule has 118 valence electrons. The number of hydrogen-bond donors (Lipinski definition) is 2. The van der Waals surface area contributed by atoms with Gasteiger partial charge in [-0.25, -0.2) is 5.43 Å². The summed E-state index contributed by atoms with van der Waals surface area (Å²) in [5, 5.41) is 6.38. The molecule has 0 spiro atoms. The molecular formula is C17H17ClN4S. The summed E-state index contributed by atoms with van der Waals surface area (Å²) >= 11 is 1.77. The number of anilines is 2. The van der Waals surface area contributed by atoms with Gasteiger partial charge in [-0.15, -0.1) is 16.5 Å². The highest BCUT2D eigenvalue weighted by Gasteiger charge is 2.35. The summed E-state index contributed by atoms with van der Waals surface area (Å²) in [6.45, 7) is 0. The SMILES string of the molecule is [Cl-].c1ccc(N2NC(c3cccs3)[NH2+]N2c2ccccc2)cc1. The first-order valence-electron chi connectivity index (χ1n) is 7.26. The number of rotatable bonds is 3. The van der Waals surface area contributed by atoms with Gasteiger partial charge in [-0.3, -0.25) is 0 Å². The Morgan fingerprint density at radius 3 is 2.09 bits per heavy atom. The molecule has 23 heavy (non-hydrogen) atoms. The molecule has 1 aromatic heterocycles. The van der Waals surface area contributed by atoms with Crippen molar-refractivity contribution in [3.05, 3.63) is 83.1 Å². The van der Waals surface area contributed by atoms with E-state index in [1.165, 1.54) is 4.88 Å². The second-order valence-electron chi connectivity index (χ2n) is 5.10. The maximum Gasteiger partial charge on any atom is 0.217 e. The largest absolute Gasteiger partial charge is 1.00 e. The quantitative estimate of drug-likeness (QED) is 0.639. The third-order valence-corrected chi connectivity index (χ3v) is 4.59. The Morgan fingerprint density at radius 1 is 0.826 bits per heavy atom. The van der Waals surface area contributed by atoms with Gasteiger partial charge in [0.05, 0.1) is 10.6 Å². The Labute approximate surface area is 145 Å². The summed E-state index contributed by atoms with van der Waals surface area (Å²) in [7, 11) is 0. The molecule has 1 unspecified atom stereocenters. The number of hydrogen-bond acceptors (Lipinski definition) is 4. The van der Waals surface area contributed by atoms with Gasteiger partial charge in [0.1, 0.15) is 5.69 Å². The summed E-state index contributed by atoms with van der Waals surface area (Å²) in [6, 6.07) is 25.0. The number of nitrogens with zero attached hydrogens (tertiary/aromatic N) is 2. The summed E-state index contributed by atoms with van der Waals surface area (Å²) < 4.78 is 0. The zero-order valence-corrected chi connectivity index (χ0v) is 13.9. The van der Waals surface area contributed by atoms with Crippen LogP contribution in [0.3, 0.4) is 0 Å². The van der Waals surface area contributed by atoms with Gasteiger partial charge in [0, 0.05) is 0 Å².